The van der Waals surface area contributed by atoms with E-state index >= 15 is 0 Å². The zero-order valence-corrected chi connectivity index (χ0v) is 9.23. The summed E-state index contributed by atoms with van der Waals surface area (Å²) in [5.41, 5.74) is 0.683. The topological polar surface area (TPSA) is 49.3 Å². The monoisotopic (exact) mass is 219 g/mol. The molecule has 0 heterocycles. The molecule has 1 amide bonds. The van der Waals surface area contributed by atoms with E-state index in [9.17, 15) is 9.90 Å². The number of carbonyl (C=O) groups excluding carboxylic acids is 1. The third-order valence-electron chi connectivity index (χ3n) is 3.02. The maximum absolute atomic E-state index is 11.8. The fraction of sp³-hybridized carbons (Fsp3) is 0.462. The summed E-state index contributed by atoms with van der Waals surface area (Å²) in [4.78, 5) is 11.8. The molecule has 2 atom stereocenters. The Bertz CT molecular complexity index is 350. The van der Waals surface area contributed by atoms with Crippen LogP contribution in [0.2, 0.25) is 0 Å². The zero-order valence-electron chi connectivity index (χ0n) is 9.23. The van der Waals surface area contributed by atoms with Gasteiger partial charge in [0, 0.05) is 11.6 Å². The molecule has 2 N–H and O–H groups in total. The van der Waals surface area contributed by atoms with Gasteiger partial charge in [0.15, 0.2) is 0 Å². The van der Waals surface area contributed by atoms with Crippen LogP contribution in [0.1, 0.15) is 36.0 Å². The van der Waals surface area contributed by atoms with Crippen LogP contribution in [0.5, 0.6) is 0 Å². The first-order chi connectivity index (χ1) is 7.75. The molecule has 0 aromatic heterocycles. The Morgan fingerprint density at radius 3 is 2.69 bits per heavy atom. The molecule has 0 aliphatic heterocycles. The number of aliphatic hydroxyl groups excluding tert-OH is 1. The normalized spacial score (nSPS) is 25.1. The van der Waals surface area contributed by atoms with Crippen LogP contribution in [-0.4, -0.2) is 23.2 Å². The summed E-state index contributed by atoms with van der Waals surface area (Å²) in [6.45, 7) is 0. The van der Waals surface area contributed by atoms with Crippen molar-refractivity contribution < 1.29 is 9.90 Å². The lowest BCUT2D eigenvalue weighted by Crippen LogP contribution is -2.39. The second kappa shape index (κ2) is 5.12. The highest BCUT2D eigenvalue weighted by Gasteiger charge is 2.21. The molecule has 1 fully saturated rings. The predicted octanol–water partition coefficient (Wildman–Crippen LogP) is 1.72. The van der Waals surface area contributed by atoms with Crippen molar-refractivity contribution in [2.75, 3.05) is 0 Å². The van der Waals surface area contributed by atoms with Crippen LogP contribution >= 0.6 is 0 Å². The van der Waals surface area contributed by atoms with Gasteiger partial charge in [-0.3, -0.25) is 4.79 Å². The van der Waals surface area contributed by atoms with E-state index in [1.807, 2.05) is 18.2 Å². The van der Waals surface area contributed by atoms with Crippen LogP contribution in [-0.2, 0) is 0 Å². The second-order valence-corrected chi connectivity index (χ2v) is 4.36. The number of carbonyl (C=O) groups is 1. The summed E-state index contributed by atoms with van der Waals surface area (Å²) < 4.78 is 0. The first-order valence-electron chi connectivity index (χ1n) is 5.79. The van der Waals surface area contributed by atoms with Gasteiger partial charge in [-0.2, -0.15) is 0 Å². The Hall–Kier alpha value is -1.35. The molecular formula is C13H17NO2. The van der Waals surface area contributed by atoms with Crippen molar-refractivity contribution in [3.05, 3.63) is 35.9 Å². The van der Waals surface area contributed by atoms with Gasteiger partial charge in [0.1, 0.15) is 0 Å². The highest BCUT2D eigenvalue weighted by molar-refractivity contribution is 5.94. The Kier molecular flexibility index (Phi) is 3.57. The standard InChI is InChI=1S/C13H17NO2/c15-12-8-4-7-11(9-12)14-13(16)10-5-2-1-3-6-10/h1-3,5-6,11-12,15H,4,7-9H2,(H,14,16). The summed E-state index contributed by atoms with van der Waals surface area (Å²) in [7, 11) is 0. The second-order valence-electron chi connectivity index (χ2n) is 4.36. The van der Waals surface area contributed by atoms with Gasteiger partial charge in [-0.05, 0) is 37.8 Å². The number of benzene rings is 1. The lowest BCUT2D eigenvalue weighted by atomic mass is 9.93. The Labute approximate surface area is 95.5 Å². The zero-order chi connectivity index (χ0) is 11.4. The maximum Gasteiger partial charge on any atom is 0.251 e. The molecule has 1 aromatic carbocycles. The van der Waals surface area contributed by atoms with Gasteiger partial charge in [-0.25, -0.2) is 0 Å². The first kappa shape index (κ1) is 11.1. The van der Waals surface area contributed by atoms with Crippen molar-refractivity contribution in [3.63, 3.8) is 0 Å². The Morgan fingerprint density at radius 1 is 1.25 bits per heavy atom. The number of nitrogens with one attached hydrogen (secondary N) is 1. The molecular weight excluding hydrogens is 202 g/mol. The third-order valence-corrected chi connectivity index (χ3v) is 3.02. The van der Waals surface area contributed by atoms with Gasteiger partial charge in [-0.15, -0.1) is 0 Å². The molecule has 1 aliphatic carbocycles. The van der Waals surface area contributed by atoms with Gasteiger partial charge in [-0.1, -0.05) is 18.2 Å². The van der Waals surface area contributed by atoms with Crippen molar-refractivity contribution >= 4 is 5.91 Å². The minimum Gasteiger partial charge on any atom is -0.393 e. The highest BCUT2D eigenvalue weighted by Crippen LogP contribution is 2.18. The molecule has 3 nitrogen and oxygen atoms in total. The van der Waals surface area contributed by atoms with Gasteiger partial charge in [0.2, 0.25) is 0 Å². The molecule has 16 heavy (non-hydrogen) atoms. The first-order valence-corrected chi connectivity index (χ1v) is 5.79. The molecule has 1 aliphatic rings. The summed E-state index contributed by atoms with van der Waals surface area (Å²) in [5, 5.41) is 12.5. The smallest absolute Gasteiger partial charge is 0.251 e. The van der Waals surface area contributed by atoms with E-state index in [0.29, 0.717) is 12.0 Å². The van der Waals surface area contributed by atoms with Gasteiger partial charge < -0.3 is 10.4 Å². The van der Waals surface area contributed by atoms with E-state index in [1.54, 1.807) is 12.1 Å². The van der Waals surface area contributed by atoms with Crippen molar-refractivity contribution in [2.24, 2.45) is 0 Å². The Morgan fingerprint density at radius 2 is 2.00 bits per heavy atom. The molecule has 0 radical (unpaired) electrons. The van der Waals surface area contributed by atoms with Gasteiger partial charge in [0.05, 0.1) is 6.10 Å². The summed E-state index contributed by atoms with van der Waals surface area (Å²) in [6.07, 6.45) is 3.24. The molecule has 0 spiro atoms. The van der Waals surface area contributed by atoms with E-state index in [-0.39, 0.29) is 18.1 Å². The van der Waals surface area contributed by atoms with Crippen LogP contribution in [0.25, 0.3) is 0 Å². The number of hydrogen-bond acceptors (Lipinski definition) is 2. The largest absolute Gasteiger partial charge is 0.393 e. The van der Waals surface area contributed by atoms with E-state index in [4.69, 9.17) is 0 Å². The molecule has 86 valence electrons. The third kappa shape index (κ3) is 2.83. The quantitative estimate of drug-likeness (QED) is 0.795. The average Bonchev–Trinajstić information content (AvgIpc) is 2.30. The molecule has 1 aromatic rings. The molecule has 1 saturated carbocycles. The molecule has 2 rings (SSSR count). The lowest BCUT2D eigenvalue weighted by Gasteiger charge is -2.26. The highest BCUT2D eigenvalue weighted by atomic mass is 16.3. The average molecular weight is 219 g/mol. The summed E-state index contributed by atoms with van der Waals surface area (Å²) in [6, 6.07) is 9.32. The van der Waals surface area contributed by atoms with Crippen molar-refractivity contribution in [3.8, 4) is 0 Å². The number of rotatable bonds is 2. The van der Waals surface area contributed by atoms with Crippen molar-refractivity contribution in [1.82, 2.24) is 5.32 Å². The van der Waals surface area contributed by atoms with Crippen molar-refractivity contribution in [2.45, 2.75) is 37.8 Å². The van der Waals surface area contributed by atoms with E-state index in [0.717, 1.165) is 19.3 Å². The summed E-state index contributed by atoms with van der Waals surface area (Å²) in [5.74, 6) is -0.0419. The van der Waals surface area contributed by atoms with Crippen molar-refractivity contribution in [1.29, 1.82) is 0 Å². The number of aliphatic hydroxyl groups is 1. The minimum atomic E-state index is -0.255. The maximum atomic E-state index is 11.8. The van der Waals surface area contributed by atoms with Crippen LogP contribution in [0, 0.1) is 0 Å². The van der Waals surface area contributed by atoms with Crippen LogP contribution in [0.3, 0.4) is 0 Å². The SMILES string of the molecule is O=C(NC1CCCC(O)C1)c1ccccc1. The fourth-order valence-electron chi connectivity index (χ4n) is 2.15. The van der Waals surface area contributed by atoms with Crippen LogP contribution in [0.15, 0.2) is 30.3 Å². The van der Waals surface area contributed by atoms with Gasteiger partial charge in [0.25, 0.3) is 5.91 Å². The van der Waals surface area contributed by atoms with E-state index in [1.165, 1.54) is 0 Å². The van der Waals surface area contributed by atoms with Crippen LogP contribution in [0.4, 0.5) is 0 Å². The number of amides is 1. The lowest BCUT2D eigenvalue weighted by molar-refractivity contribution is 0.0850. The van der Waals surface area contributed by atoms with Gasteiger partial charge >= 0.3 is 0 Å². The molecule has 0 bridgehead atoms. The number of hydrogen-bond donors (Lipinski definition) is 2. The van der Waals surface area contributed by atoms with E-state index < -0.39 is 0 Å². The van der Waals surface area contributed by atoms with Crippen LogP contribution < -0.4 is 5.32 Å². The van der Waals surface area contributed by atoms with E-state index in [2.05, 4.69) is 5.32 Å². The Balaban J connectivity index is 1.92. The summed E-state index contributed by atoms with van der Waals surface area (Å²) >= 11 is 0. The molecule has 3 heteroatoms. The minimum absolute atomic E-state index is 0.0419. The molecule has 0 saturated heterocycles. The fourth-order valence-corrected chi connectivity index (χ4v) is 2.15. The molecule has 2 unspecified atom stereocenters. The predicted molar refractivity (Wildman–Crippen MR) is 62.2 cm³/mol.